The second-order valence-corrected chi connectivity index (χ2v) is 5.51. The van der Waals surface area contributed by atoms with Crippen molar-refractivity contribution in [2.24, 2.45) is 12.0 Å². The Labute approximate surface area is 159 Å². The molecule has 2 N–H and O–H groups in total. The standard InChI is InChI=1S/C18H22N4O.HI/c1-13-15-8-4-5-9-16(15)22(3)17(13)12-21-18(19-2)20-11-14-7-6-10-23-14;/h4-10H,11-12H2,1-3H3,(H2,19,20,21);1H. The lowest BCUT2D eigenvalue weighted by molar-refractivity contribution is 0.501. The van der Waals surface area contributed by atoms with E-state index in [1.54, 1.807) is 13.3 Å². The first-order chi connectivity index (χ1) is 11.2. The number of rotatable bonds is 4. The molecule has 3 aromatic rings. The van der Waals surface area contributed by atoms with Crippen LogP contribution < -0.4 is 10.6 Å². The van der Waals surface area contributed by atoms with Gasteiger partial charge in [-0.25, -0.2) is 0 Å². The molecule has 0 spiro atoms. The fraction of sp³-hybridized carbons (Fsp3) is 0.278. The summed E-state index contributed by atoms with van der Waals surface area (Å²) in [5.41, 5.74) is 3.81. The number of aromatic nitrogens is 1. The summed E-state index contributed by atoms with van der Waals surface area (Å²) in [7, 11) is 3.87. The van der Waals surface area contributed by atoms with Gasteiger partial charge < -0.3 is 19.6 Å². The molecule has 1 aromatic carbocycles. The van der Waals surface area contributed by atoms with E-state index in [1.807, 2.05) is 12.1 Å². The highest BCUT2D eigenvalue weighted by Gasteiger charge is 2.11. The maximum absolute atomic E-state index is 5.32. The van der Waals surface area contributed by atoms with Gasteiger partial charge in [0.05, 0.1) is 19.4 Å². The van der Waals surface area contributed by atoms with Crippen LogP contribution in [0.25, 0.3) is 10.9 Å². The van der Waals surface area contributed by atoms with E-state index in [9.17, 15) is 0 Å². The molecule has 2 heterocycles. The molecule has 0 saturated carbocycles. The maximum Gasteiger partial charge on any atom is 0.191 e. The SMILES string of the molecule is CN=C(NCc1ccco1)NCc1c(C)c2ccccc2n1C.I. The molecule has 5 nitrogen and oxygen atoms in total. The lowest BCUT2D eigenvalue weighted by Gasteiger charge is -2.12. The van der Waals surface area contributed by atoms with Crippen LogP contribution in [-0.2, 0) is 20.1 Å². The Bertz CT molecular complexity index is 782. The molecule has 0 saturated heterocycles. The Morgan fingerprint density at radius 1 is 1.12 bits per heavy atom. The van der Waals surface area contributed by atoms with Crippen molar-refractivity contribution >= 4 is 40.8 Å². The first-order valence-electron chi connectivity index (χ1n) is 7.70. The highest BCUT2D eigenvalue weighted by Crippen LogP contribution is 2.24. The summed E-state index contributed by atoms with van der Waals surface area (Å²) in [6, 6.07) is 12.3. The van der Waals surface area contributed by atoms with Crippen LogP contribution in [0.15, 0.2) is 52.1 Å². The molecule has 2 aromatic heterocycles. The number of furan rings is 1. The zero-order valence-electron chi connectivity index (χ0n) is 14.2. The van der Waals surface area contributed by atoms with E-state index in [4.69, 9.17) is 4.42 Å². The van der Waals surface area contributed by atoms with Gasteiger partial charge in [0.2, 0.25) is 0 Å². The van der Waals surface area contributed by atoms with E-state index in [0.29, 0.717) is 6.54 Å². The molecule has 3 rings (SSSR count). The van der Waals surface area contributed by atoms with Crippen LogP contribution in [0.4, 0.5) is 0 Å². The molecule has 0 fully saturated rings. The Balaban J connectivity index is 0.00000208. The number of para-hydroxylation sites is 1. The first kappa shape index (κ1) is 18.4. The average molecular weight is 438 g/mol. The van der Waals surface area contributed by atoms with Gasteiger partial charge in [0.1, 0.15) is 5.76 Å². The largest absolute Gasteiger partial charge is 0.467 e. The minimum absolute atomic E-state index is 0. The summed E-state index contributed by atoms with van der Waals surface area (Å²) < 4.78 is 7.55. The van der Waals surface area contributed by atoms with Crippen LogP contribution in [0.5, 0.6) is 0 Å². The molecule has 0 atom stereocenters. The van der Waals surface area contributed by atoms with Gasteiger partial charge in [0, 0.05) is 30.7 Å². The van der Waals surface area contributed by atoms with Gasteiger partial charge >= 0.3 is 0 Å². The third kappa shape index (κ3) is 3.75. The second-order valence-electron chi connectivity index (χ2n) is 5.51. The van der Waals surface area contributed by atoms with Crippen molar-refractivity contribution in [2.75, 3.05) is 7.05 Å². The Morgan fingerprint density at radius 2 is 1.88 bits per heavy atom. The molecule has 0 aliphatic rings. The molecule has 0 bridgehead atoms. The number of hydrogen-bond acceptors (Lipinski definition) is 2. The summed E-state index contributed by atoms with van der Waals surface area (Å²) in [5.74, 6) is 1.64. The number of benzene rings is 1. The van der Waals surface area contributed by atoms with Crippen LogP contribution in [0, 0.1) is 6.92 Å². The molecule has 0 radical (unpaired) electrons. The number of nitrogens with zero attached hydrogens (tertiary/aromatic N) is 2. The fourth-order valence-electron chi connectivity index (χ4n) is 2.86. The van der Waals surface area contributed by atoms with Crippen LogP contribution >= 0.6 is 24.0 Å². The van der Waals surface area contributed by atoms with Gasteiger partial charge in [-0.1, -0.05) is 18.2 Å². The summed E-state index contributed by atoms with van der Waals surface area (Å²) in [6.45, 7) is 3.49. The Hall–Kier alpha value is -1.96. The quantitative estimate of drug-likeness (QED) is 0.372. The number of aliphatic imine (C=N–C) groups is 1. The van der Waals surface area contributed by atoms with E-state index >= 15 is 0 Å². The van der Waals surface area contributed by atoms with Gasteiger partial charge in [-0.15, -0.1) is 24.0 Å². The van der Waals surface area contributed by atoms with Gasteiger partial charge in [-0.05, 0) is 30.7 Å². The Morgan fingerprint density at radius 3 is 2.54 bits per heavy atom. The zero-order chi connectivity index (χ0) is 16.2. The van der Waals surface area contributed by atoms with Crippen molar-refractivity contribution in [1.82, 2.24) is 15.2 Å². The highest BCUT2D eigenvalue weighted by atomic mass is 127. The smallest absolute Gasteiger partial charge is 0.191 e. The Kier molecular flexibility index (Phi) is 6.30. The van der Waals surface area contributed by atoms with Gasteiger partial charge in [-0.2, -0.15) is 0 Å². The van der Waals surface area contributed by atoms with Crippen molar-refractivity contribution in [3.8, 4) is 0 Å². The van der Waals surface area contributed by atoms with Crippen molar-refractivity contribution in [3.05, 3.63) is 59.7 Å². The van der Waals surface area contributed by atoms with E-state index in [2.05, 4.69) is 58.4 Å². The van der Waals surface area contributed by atoms with Crippen LogP contribution in [-0.4, -0.2) is 17.6 Å². The second kappa shape index (κ2) is 8.23. The predicted molar refractivity (Wildman–Crippen MR) is 109 cm³/mol. The number of hydrogen-bond donors (Lipinski definition) is 2. The number of guanidine groups is 1. The van der Waals surface area contributed by atoms with Gasteiger partial charge in [0.25, 0.3) is 0 Å². The fourth-order valence-corrected chi connectivity index (χ4v) is 2.86. The summed E-state index contributed by atoms with van der Waals surface area (Å²) in [6.07, 6.45) is 1.67. The predicted octanol–water partition coefficient (Wildman–Crippen LogP) is 3.56. The van der Waals surface area contributed by atoms with Crippen molar-refractivity contribution in [1.29, 1.82) is 0 Å². The maximum atomic E-state index is 5.32. The summed E-state index contributed by atoms with van der Waals surface area (Å²) in [5, 5.41) is 7.91. The van der Waals surface area contributed by atoms with E-state index in [-0.39, 0.29) is 24.0 Å². The molecule has 0 aliphatic heterocycles. The lowest BCUT2D eigenvalue weighted by Crippen LogP contribution is -2.36. The molecule has 0 amide bonds. The van der Waals surface area contributed by atoms with E-state index in [0.717, 1.165) is 18.3 Å². The number of aryl methyl sites for hydroxylation is 2. The highest BCUT2D eigenvalue weighted by molar-refractivity contribution is 14.0. The summed E-state index contributed by atoms with van der Waals surface area (Å²) >= 11 is 0. The molecule has 0 aliphatic carbocycles. The minimum atomic E-state index is 0. The number of nitrogens with one attached hydrogen (secondary N) is 2. The van der Waals surface area contributed by atoms with Crippen molar-refractivity contribution in [3.63, 3.8) is 0 Å². The average Bonchev–Trinajstić information content (AvgIpc) is 3.17. The van der Waals surface area contributed by atoms with Crippen LogP contribution in [0.3, 0.4) is 0 Å². The molecule has 6 heteroatoms. The minimum Gasteiger partial charge on any atom is -0.467 e. The van der Waals surface area contributed by atoms with Crippen molar-refractivity contribution in [2.45, 2.75) is 20.0 Å². The van der Waals surface area contributed by atoms with Gasteiger partial charge in [-0.3, -0.25) is 4.99 Å². The number of halogens is 1. The molecule has 24 heavy (non-hydrogen) atoms. The van der Waals surface area contributed by atoms with E-state index in [1.165, 1.54) is 22.2 Å². The van der Waals surface area contributed by atoms with Crippen LogP contribution in [0.2, 0.25) is 0 Å². The third-order valence-corrected chi connectivity index (χ3v) is 4.16. The molecular weight excluding hydrogens is 415 g/mol. The summed E-state index contributed by atoms with van der Waals surface area (Å²) in [4.78, 5) is 4.26. The first-order valence-corrected chi connectivity index (χ1v) is 7.70. The normalized spacial score (nSPS) is 11.4. The lowest BCUT2D eigenvalue weighted by atomic mass is 10.1. The monoisotopic (exact) mass is 438 g/mol. The zero-order valence-corrected chi connectivity index (χ0v) is 16.5. The number of fused-ring (bicyclic) bond motifs is 1. The topological polar surface area (TPSA) is 54.5 Å². The van der Waals surface area contributed by atoms with Gasteiger partial charge in [0.15, 0.2) is 5.96 Å². The van der Waals surface area contributed by atoms with Crippen molar-refractivity contribution < 1.29 is 4.42 Å². The molecular formula is C18H23IN4O. The molecule has 0 unspecified atom stereocenters. The molecule has 128 valence electrons. The third-order valence-electron chi connectivity index (χ3n) is 4.16. The van der Waals surface area contributed by atoms with Crippen LogP contribution in [0.1, 0.15) is 17.0 Å². The van der Waals surface area contributed by atoms with E-state index < -0.39 is 0 Å².